The van der Waals surface area contributed by atoms with Crippen LogP contribution in [0, 0.1) is 6.92 Å². The number of hydrogen-bond donors (Lipinski definition) is 0. The van der Waals surface area contributed by atoms with Gasteiger partial charge in [0.1, 0.15) is 10.7 Å². The van der Waals surface area contributed by atoms with Crippen LogP contribution in [0.5, 0.6) is 0 Å². The summed E-state index contributed by atoms with van der Waals surface area (Å²) >= 11 is 1.21. The van der Waals surface area contributed by atoms with Crippen LogP contribution in [0.2, 0.25) is 0 Å². The van der Waals surface area contributed by atoms with E-state index in [9.17, 15) is 4.79 Å². The van der Waals surface area contributed by atoms with Gasteiger partial charge in [-0.3, -0.25) is 4.79 Å². The smallest absolute Gasteiger partial charge is 0.267 e. The first-order valence-corrected chi connectivity index (χ1v) is 8.08. The van der Waals surface area contributed by atoms with Crippen LogP contribution < -0.4 is 0 Å². The van der Waals surface area contributed by atoms with Gasteiger partial charge in [-0.15, -0.1) is 5.10 Å². The molecule has 1 aliphatic rings. The van der Waals surface area contributed by atoms with Crippen LogP contribution in [0.1, 0.15) is 47.0 Å². The van der Waals surface area contributed by atoms with Crippen LogP contribution in [-0.2, 0) is 6.42 Å². The van der Waals surface area contributed by atoms with Crippen molar-refractivity contribution in [2.45, 2.75) is 39.2 Å². The van der Waals surface area contributed by atoms with Gasteiger partial charge in [-0.2, -0.15) is 0 Å². The molecule has 21 heavy (non-hydrogen) atoms. The van der Waals surface area contributed by atoms with E-state index < -0.39 is 0 Å². The maximum atomic E-state index is 12.7. The minimum atomic E-state index is 0.0734. The summed E-state index contributed by atoms with van der Waals surface area (Å²) in [6, 6.07) is 0.316. The summed E-state index contributed by atoms with van der Waals surface area (Å²) in [6.07, 6.45) is 6.66. The molecule has 0 bridgehead atoms. The fourth-order valence-corrected chi connectivity index (χ4v) is 3.60. The standard InChI is InChI=1S/C14H19N5OS/c1-3-12-13(21-17-16-12)14(20)18-7-4-5-11(9-18)19-8-6-15-10(19)2/h6,8,11H,3-5,7,9H2,1-2H3/t11-/m1/s1. The maximum Gasteiger partial charge on any atom is 0.267 e. The Morgan fingerprint density at radius 3 is 3.10 bits per heavy atom. The molecule has 112 valence electrons. The molecule has 7 heteroatoms. The molecular weight excluding hydrogens is 286 g/mol. The Balaban J connectivity index is 1.77. The highest BCUT2D eigenvalue weighted by Gasteiger charge is 2.28. The van der Waals surface area contributed by atoms with E-state index in [-0.39, 0.29) is 5.91 Å². The van der Waals surface area contributed by atoms with Crippen molar-refractivity contribution in [3.05, 3.63) is 28.8 Å². The number of hydrogen-bond acceptors (Lipinski definition) is 5. The summed E-state index contributed by atoms with van der Waals surface area (Å²) in [4.78, 5) is 19.6. The van der Waals surface area contributed by atoms with Gasteiger partial charge in [0.25, 0.3) is 5.91 Å². The molecule has 2 aromatic heterocycles. The van der Waals surface area contributed by atoms with Crippen molar-refractivity contribution in [1.82, 2.24) is 24.0 Å². The molecule has 2 aromatic rings. The van der Waals surface area contributed by atoms with Crippen LogP contribution in [0.4, 0.5) is 0 Å². The summed E-state index contributed by atoms with van der Waals surface area (Å²) < 4.78 is 6.09. The number of imidazole rings is 1. The third kappa shape index (κ3) is 2.70. The van der Waals surface area contributed by atoms with Crippen LogP contribution in [0.15, 0.2) is 12.4 Å². The average Bonchev–Trinajstić information content (AvgIpc) is 3.15. The van der Waals surface area contributed by atoms with Crippen LogP contribution >= 0.6 is 11.5 Å². The monoisotopic (exact) mass is 305 g/mol. The number of piperidine rings is 1. The summed E-state index contributed by atoms with van der Waals surface area (Å²) in [5.41, 5.74) is 0.811. The Kier molecular flexibility index (Phi) is 4.01. The zero-order valence-corrected chi connectivity index (χ0v) is 13.1. The van der Waals surface area contributed by atoms with Gasteiger partial charge in [0.15, 0.2) is 0 Å². The molecule has 0 unspecified atom stereocenters. The lowest BCUT2D eigenvalue weighted by molar-refractivity contribution is 0.0682. The van der Waals surface area contributed by atoms with Crippen molar-refractivity contribution in [2.24, 2.45) is 0 Å². The van der Waals surface area contributed by atoms with Crippen molar-refractivity contribution in [1.29, 1.82) is 0 Å². The quantitative estimate of drug-likeness (QED) is 0.871. The number of carbonyl (C=O) groups excluding carboxylic acids is 1. The van der Waals surface area contributed by atoms with Gasteiger partial charge >= 0.3 is 0 Å². The molecule has 0 radical (unpaired) electrons. The maximum absolute atomic E-state index is 12.7. The number of nitrogens with zero attached hydrogens (tertiary/aromatic N) is 5. The molecule has 0 spiro atoms. The molecule has 1 atom stereocenters. The van der Waals surface area contributed by atoms with Gasteiger partial charge in [-0.25, -0.2) is 4.98 Å². The first-order chi connectivity index (χ1) is 10.2. The fourth-order valence-electron chi connectivity index (χ4n) is 2.89. The first-order valence-electron chi connectivity index (χ1n) is 7.30. The Morgan fingerprint density at radius 2 is 2.38 bits per heavy atom. The van der Waals surface area contributed by atoms with E-state index in [0.29, 0.717) is 10.9 Å². The Labute approximate surface area is 128 Å². The molecule has 1 fully saturated rings. The predicted octanol–water partition coefficient (Wildman–Crippen LogP) is 2.08. The van der Waals surface area contributed by atoms with Gasteiger partial charge in [-0.05, 0) is 37.7 Å². The summed E-state index contributed by atoms with van der Waals surface area (Å²) in [5.74, 6) is 1.08. The van der Waals surface area contributed by atoms with Crippen molar-refractivity contribution in [3.63, 3.8) is 0 Å². The highest BCUT2D eigenvalue weighted by atomic mass is 32.1. The minimum absolute atomic E-state index is 0.0734. The SMILES string of the molecule is CCc1nnsc1C(=O)N1CCC[C@@H](n2ccnc2C)C1. The lowest BCUT2D eigenvalue weighted by Crippen LogP contribution is -2.40. The van der Waals surface area contributed by atoms with E-state index in [4.69, 9.17) is 0 Å². The van der Waals surface area contributed by atoms with Crippen molar-refractivity contribution in [2.75, 3.05) is 13.1 Å². The summed E-state index contributed by atoms with van der Waals surface area (Å²) in [5, 5.41) is 4.04. The molecule has 1 amide bonds. The molecule has 3 heterocycles. The molecule has 3 rings (SSSR count). The number of likely N-dealkylation sites (tertiary alicyclic amines) is 1. The number of aryl methyl sites for hydroxylation is 2. The van der Waals surface area contributed by atoms with Crippen molar-refractivity contribution in [3.8, 4) is 0 Å². The van der Waals surface area contributed by atoms with Crippen LogP contribution in [0.3, 0.4) is 0 Å². The van der Waals surface area contributed by atoms with Crippen molar-refractivity contribution >= 4 is 17.4 Å². The van der Waals surface area contributed by atoms with Gasteiger partial charge < -0.3 is 9.47 Å². The average molecular weight is 305 g/mol. The molecule has 0 N–H and O–H groups in total. The third-order valence-corrected chi connectivity index (χ3v) is 4.78. The van der Waals surface area contributed by atoms with E-state index in [2.05, 4.69) is 19.1 Å². The third-order valence-electron chi connectivity index (χ3n) is 4.02. The van der Waals surface area contributed by atoms with Crippen molar-refractivity contribution < 1.29 is 4.79 Å². The predicted molar refractivity (Wildman–Crippen MR) is 80.4 cm³/mol. The number of rotatable bonds is 3. The Morgan fingerprint density at radius 1 is 1.52 bits per heavy atom. The fraction of sp³-hybridized carbons (Fsp3) is 0.571. The second-order valence-corrected chi connectivity index (χ2v) is 6.09. The summed E-state index contributed by atoms with van der Waals surface area (Å²) in [7, 11) is 0. The zero-order valence-electron chi connectivity index (χ0n) is 12.3. The van der Waals surface area contributed by atoms with E-state index in [1.807, 2.05) is 31.1 Å². The number of carbonyl (C=O) groups is 1. The second kappa shape index (κ2) is 5.93. The minimum Gasteiger partial charge on any atom is -0.336 e. The lowest BCUT2D eigenvalue weighted by atomic mass is 10.0. The van der Waals surface area contributed by atoms with Gasteiger partial charge in [0, 0.05) is 25.5 Å². The highest BCUT2D eigenvalue weighted by Crippen LogP contribution is 2.25. The van der Waals surface area contributed by atoms with E-state index in [1.165, 1.54) is 11.5 Å². The first kappa shape index (κ1) is 14.2. The second-order valence-electron chi connectivity index (χ2n) is 5.33. The number of amides is 1. The van der Waals surface area contributed by atoms with E-state index in [1.54, 1.807) is 0 Å². The molecule has 0 aliphatic carbocycles. The highest BCUT2D eigenvalue weighted by molar-refractivity contribution is 7.08. The topological polar surface area (TPSA) is 63.9 Å². The normalized spacial score (nSPS) is 19.0. The van der Waals surface area contributed by atoms with E-state index in [0.717, 1.165) is 43.9 Å². The molecular formula is C14H19N5OS. The van der Waals surface area contributed by atoms with Gasteiger partial charge in [0.2, 0.25) is 0 Å². The van der Waals surface area contributed by atoms with E-state index >= 15 is 0 Å². The number of aromatic nitrogens is 4. The lowest BCUT2D eigenvalue weighted by Gasteiger charge is -2.33. The molecule has 0 aromatic carbocycles. The molecule has 1 aliphatic heterocycles. The Hall–Kier alpha value is -1.76. The van der Waals surface area contributed by atoms with Crippen LogP contribution in [0.25, 0.3) is 0 Å². The zero-order chi connectivity index (χ0) is 14.8. The largest absolute Gasteiger partial charge is 0.336 e. The molecule has 0 saturated carbocycles. The molecule has 1 saturated heterocycles. The summed E-state index contributed by atoms with van der Waals surface area (Å²) in [6.45, 7) is 5.55. The molecule has 6 nitrogen and oxygen atoms in total. The Bertz CT molecular complexity index is 635. The van der Waals surface area contributed by atoms with Crippen LogP contribution in [-0.4, -0.2) is 43.0 Å². The van der Waals surface area contributed by atoms with Gasteiger partial charge in [0.05, 0.1) is 11.7 Å². The van der Waals surface area contributed by atoms with Gasteiger partial charge in [-0.1, -0.05) is 11.4 Å².